The zero-order chi connectivity index (χ0) is 32.4. The van der Waals surface area contributed by atoms with Gasteiger partial charge in [-0.25, -0.2) is 22.0 Å². The number of primary amides is 1. The van der Waals surface area contributed by atoms with Gasteiger partial charge in [0.15, 0.2) is 5.69 Å². The molecule has 2 aromatic carbocycles. The first-order valence-corrected chi connectivity index (χ1v) is 13.5. The zero-order valence-corrected chi connectivity index (χ0v) is 22.8. The van der Waals surface area contributed by atoms with E-state index in [1.807, 2.05) is 0 Å². The maximum Gasteiger partial charge on any atom is 0.435 e. The first-order valence-electron chi connectivity index (χ1n) is 13.5. The molecule has 2 aromatic heterocycles. The lowest BCUT2D eigenvalue weighted by Gasteiger charge is -2.22. The number of nitrogens with two attached hydrogens (primary N) is 1. The average Bonchev–Trinajstić information content (AvgIpc) is 3.60. The van der Waals surface area contributed by atoms with Crippen LogP contribution in [0, 0.1) is 23.4 Å². The van der Waals surface area contributed by atoms with Crippen LogP contribution in [-0.4, -0.2) is 26.6 Å². The van der Waals surface area contributed by atoms with E-state index in [4.69, 9.17) is 5.73 Å². The number of nitrogens with one attached hydrogen (secondary N) is 1. The summed E-state index contributed by atoms with van der Waals surface area (Å²) >= 11 is 0. The molecule has 0 saturated heterocycles. The van der Waals surface area contributed by atoms with Crippen molar-refractivity contribution < 1.29 is 44.7 Å². The molecule has 0 spiro atoms. The van der Waals surface area contributed by atoms with Crippen molar-refractivity contribution in [3.05, 3.63) is 106 Å². The normalized spacial score (nSPS) is 18.7. The lowest BCUT2D eigenvalue weighted by atomic mass is 9.94. The van der Waals surface area contributed by atoms with Gasteiger partial charge in [-0.2, -0.15) is 18.3 Å². The Balaban J connectivity index is 1.38. The summed E-state index contributed by atoms with van der Waals surface area (Å²) in [7, 11) is 0. The molecule has 4 aromatic rings. The minimum absolute atomic E-state index is 0.0549. The molecule has 3 atom stereocenters. The van der Waals surface area contributed by atoms with Crippen LogP contribution in [-0.2, 0) is 29.9 Å². The van der Waals surface area contributed by atoms with Crippen molar-refractivity contribution in [3.63, 3.8) is 0 Å². The summed E-state index contributed by atoms with van der Waals surface area (Å²) in [5.41, 5.74) is 2.10. The molecular weight excluding hydrogens is 614 g/mol. The molecule has 0 radical (unpaired) electrons. The van der Waals surface area contributed by atoms with E-state index < -0.39 is 82.6 Å². The standard InChI is InChI=1S/C30H21F8N5O2/c31-15-6-13(7-16(32)10-15)8-22(25-17(2-1-5-40-25)14-3-4-21(33)19(9-14)28(39)45)41-23(44)12-43-26-18-11-20(18)29(34,35)24(26)27(42-43)30(36,37)38/h1-7,9-10,18,20,22H,8,11-12H2,(H2,39,45)(H,41,44)/t18?,20?,22-/m0/s1. The lowest BCUT2D eigenvalue weighted by molar-refractivity contribution is -0.146. The molecule has 15 heteroatoms. The van der Waals surface area contributed by atoms with Crippen LogP contribution in [0.3, 0.4) is 0 Å². The van der Waals surface area contributed by atoms with Crippen LogP contribution in [0.4, 0.5) is 35.1 Å². The van der Waals surface area contributed by atoms with Gasteiger partial charge in [-0.05, 0) is 54.3 Å². The van der Waals surface area contributed by atoms with Crippen LogP contribution in [0.2, 0.25) is 0 Å². The van der Waals surface area contributed by atoms with E-state index in [2.05, 4.69) is 15.4 Å². The third-order valence-electron chi connectivity index (χ3n) is 7.90. The molecule has 1 saturated carbocycles. The molecule has 1 fully saturated rings. The molecule has 6 rings (SSSR count). The largest absolute Gasteiger partial charge is 0.435 e. The first kappa shape index (κ1) is 30.2. The maximum absolute atomic E-state index is 14.8. The van der Waals surface area contributed by atoms with Crippen LogP contribution in [0.1, 0.15) is 56.9 Å². The van der Waals surface area contributed by atoms with Crippen molar-refractivity contribution in [2.45, 2.75) is 43.4 Å². The van der Waals surface area contributed by atoms with Crippen LogP contribution in [0.15, 0.2) is 54.7 Å². The molecule has 0 aliphatic heterocycles. The second-order valence-corrected chi connectivity index (χ2v) is 10.9. The summed E-state index contributed by atoms with van der Waals surface area (Å²) in [6.45, 7) is -0.879. The van der Waals surface area contributed by atoms with Crippen molar-refractivity contribution >= 4 is 11.8 Å². The number of alkyl halides is 5. The Kier molecular flexibility index (Phi) is 7.16. The second kappa shape index (κ2) is 10.7. The number of hydrogen-bond acceptors (Lipinski definition) is 4. The molecular formula is C30H21F8N5O2. The second-order valence-electron chi connectivity index (χ2n) is 10.9. The molecule has 45 heavy (non-hydrogen) atoms. The van der Waals surface area contributed by atoms with E-state index in [-0.39, 0.29) is 40.9 Å². The van der Waals surface area contributed by atoms with Gasteiger partial charge in [0.2, 0.25) is 5.91 Å². The number of pyridine rings is 1. The molecule has 0 bridgehead atoms. The van der Waals surface area contributed by atoms with E-state index in [1.165, 1.54) is 24.4 Å². The Hall–Kier alpha value is -4.82. The highest BCUT2D eigenvalue weighted by molar-refractivity contribution is 5.94. The molecule has 2 heterocycles. The molecule has 234 valence electrons. The van der Waals surface area contributed by atoms with Gasteiger partial charge in [-0.15, -0.1) is 0 Å². The quantitative estimate of drug-likeness (QED) is 0.240. The number of nitrogens with zero attached hydrogens (tertiary/aromatic N) is 3. The molecule has 2 amide bonds. The summed E-state index contributed by atoms with van der Waals surface area (Å²) in [6.07, 6.45) is -4.21. The highest BCUT2D eigenvalue weighted by Crippen LogP contribution is 2.68. The fourth-order valence-corrected chi connectivity index (χ4v) is 5.96. The Morgan fingerprint density at radius 3 is 2.44 bits per heavy atom. The van der Waals surface area contributed by atoms with E-state index in [0.717, 1.165) is 24.3 Å². The Bertz CT molecular complexity index is 1830. The number of halogens is 8. The van der Waals surface area contributed by atoms with Crippen molar-refractivity contribution in [1.82, 2.24) is 20.1 Å². The minimum atomic E-state index is -5.20. The van der Waals surface area contributed by atoms with Crippen molar-refractivity contribution in [2.75, 3.05) is 0 Å². The van der Waals surface area contributed by atoms with Gasteiger partial charge >= 0.3 is 6.18 Å². The predicted octanol–water partition coefficient (Wildman–Crippen LogP) is 5.79. The lowest BCUT2D eigenvalue weighted by Crippen LogP contribution is -2.34. The van der Waals surface area contributed by atoms with Crippen LogP contribution in [0.5, 0.6) is 0 Å². The number of carbonyl (C=O) groups is 2. The van der Waals surface area contributed by atoms with Gasteiger partial charge in [0.1, 0.15) is 24.0 Å². The Morgan fingerprint density at radius 2 is 1.78 bits per heavy atom. The van der Waals surface area contributed by atoms with Gasteiger partial charge in [-0.3, -0.25) is 19.3 Å². The maximum atomic E-state index is 14.8. The van der Waals surface area contributed by atoms with E-state index in [1.54, 1.807) is 0 Å². The molecule has 2 unspecified atom stereocenters. The monoisotopic (exact) mass is 635 g/mol. The van der Waals surface area contributed by atoms with Crippen molar-refractivity contribution in [2.24, 2.45) is 11.7 Å². The van der Waals surface area contributed by atoms with Crippen molar-refractivity contribution in [3.8, 4) is 11.1 Å². The van der Waals surface area contributed by atoms with Crippen LogP contribution >= 0.6 is 0 Å². The third kappa shape index (κ3) is 5.51. The number of carbonyl (C=O) groups excluding carboxylic acids is 2. The van der Waals surface area contributed by atoms with Gasteiger partial charge in [-0.1, -0.05) is 12.1 Å². The number of rotatable bonds is 8. The molecule has 3 N–H and O–H groups in total. The van der Waals surface area contributed by atoms with Gasteiger partial charge in [0.25, 0.3) is 11.8 Å². The summed E-state index contributed by atoms with van der Waals surface area (Å²) in [5.74, 6) is -10.7. The number of amides is 2. The topological polar surface area (TPSA) is 103 Å². The summed E-state index contributed by atoms with van der Waals surface area (Å²) in [4.78, 5) is 29.4. The van der Waals surface area contributed by atoms with E-state index in [0.29, 0.717) is 10.7 Å². The Labute approximate surface area is 249 Å². The summed E-state index contributed by atoms with van der Waals surface area (Å²) < 4.78 is 114. The summed E-state index contributed by atoms with van der Waals surface area (Å²) in [5, 5.41) is 5.93. The minimum Gasteiger partial charge on any atom is -0.366 e. The number of aromatic nitrogens is 3. The molecule has 2 aliphatic rings. The SMILES string of the molecule is NC(=O)c1cc(-c2cccnc2[C@H](Cc2cc(F)cc(F)c2)NC(=O)Cn2nc(C(F)(F)F)c3c2C2CC2C3(F)F)ccc1F. The highest BCUT2D eigenvalue weighted by Gasteiger charge is 2.68. The number of hydrogen-bond donors (Lipinski definition) is 2. The molecule has 7 nitrogen and oxygen atoms in total. The number of benzene rings is 2. The summed E-state index contributed by atoms with van der Waals surface area (Å²) in [6, 6.07) is 7.86. The highest BCUT2D eigenvalue weighted by atomic mass is 19.4. The average molecular weight is 636 g/mol. The van der Waals surface area contributed by atoms with Gasteiger partial charge in [0, 0.05) is 29.7 Å². The molecule has 2 aliphatic carbocycles. The predicted molar refractivity (Wildman–Crippen MR) is 141 cm³/mol. The fraction of sp³-hybridized carbons (Fsp3) is 0.267. The van der Waals surface area contributed by atoms with Crippen LogP contribution < -0.4 is 11.1 Å². The number of fused-ring (bicyclic) bond motifs is 3. The zero-order valence-electron chi connectivity index (χ0n) is 22.8. The van der Waals surface area contributed by atoms with Gasteiger partial charge < -0.3 is 11.1 Å². The fourth-order valence-electron chi connectivity index (χ4n) is 5.96. The smallest absolute Gasteiger partial charge is 0.366 e. The van der Waals surface area contributed by atoms with Gasteiger partial charge in [0.05, 0.1) is 28.6 Å². The van der Waals surface area contributed by atoms with E-state index >= 15 is 0 Å². The first-order chi connectivity index (χ1) is 21.1. The Morgan fingerprint density at radius 1 is 1.07 bits per heavy atom. The van der Waals surface area contributed by atoms with E-state index in [9.17, 15) is 44.7 Å². The third-order valence-corrected chi connectivity index (χ3v) is 7.90. The van der Waals surface area contributed by atoms with Crippen LogP contribution in [0.25, 0.3) is 11.1 Å². The van der Waals surface area contributed by atoms with Crippen molar-refractivity contribution in [1.29, 1.82) is 0 Å².